The van der Waals surface area contributed by atoms with Gasteiger partial charge in [-0.3, -0.25) is 4.79 Å². The van der Waals surface area contributed by atoms with Crippen molar-refractivity contribution in [2.24, 2.45) is 0 Å². The van der Waals surface area contributed by atoms with Gasteiger partial charge in [-0.15, -0.1) is 0 Å². The van der Waals surface area contributed by atoms with Crippen molar-refractivity contribution in [3.05, 3.63) is 33.8 Å². The highest BCUT2D eigenvalue weighted by atomic mass is 79.9. The molecule has 1 aromatic carbocycles. The fourth-order valence-corrected chi connectivity index (χ4v) is 2.66. The minimum absolute atomic E-state index is 0.00157. The van der Waals surface area contributed by atoms with Crippen LogP contribution in [0, 0.1) is 6.92 Å². The van der Waals surface area contributed by atoms with Crippen LogP contribution in [0.5, 0.6) is 0 Å². The lowest BCUT2D eigenvalue weighted by atomic mass is 9.93. The Bertz CT molecular complexity index is 485. The van der Waals surface area contributed by atoms with Gasteiger partial charge in [0.2, 0.25) is 0 Å². The van der Waals surface area contributed by atoms with Crippen molar-refractivity contribution in [1.82, 2.24) is 5.32 Å². The van der Waals surface area contributed by atoms with E-state index >= 15 is 0 Å². The van der Waals surface area contributed by atoms with Gasteiger partial charge >= 0.3 is 0 Å². The van der Waals surface area contributed by atoms with E-state index in [9.17, 15) is 4.79 Å². The summed E-state index contributed by atoms with van der Waals surface area (Å²) in [6, 6.07) is 5.86. The summed E-state index contributed by atoms with van der Waals surface area (Å²) < 4.78 is 6.68. The molecule has 1 aromatic rings. The Kier molecular flexibility index (Phi) is 4.31. The summed E-state index contributed by atoms with van der Waals surface area (Å²) in [4.78, 5) is 12.2. The van der Waals surface area contributed by atoms with Crippen LogP contribution in [-0.2, 0) is 4.74 Å². The Morgan fingerprint density at radius 1 is 1.47 bits per heavy atom. The van der Waals surface area contributed by atoms with Crippen LogP contribution in [0.1, 0.15) is 42.6 Å². The molecule has 19 heavy (non-hydrogen) atoms. The Morgan fingerprint density at radius 2 is 2.21 bits per heavy atom. The van der Waals surface area contributed by atoms with Crippen molar-refractivity contribution >= 4 is 21.8 Å². The molecule has 0 aromatic heterocycles. The molecule has 0 saturated carbocycles. The molecule has 2 rings (SSSR count). The largest absolute Gasteiger partial charge is 0.375 e. The van der Waals surface area contributed by atoms with Crippen molar-refractivity contribution < 1.29 is 9.53 Å². The zero-order valence-corrected chi connectivity index (χ0v) is 13.2. The molecule has 104 valence electrons. The van der Waals surface area contributed by atoms with Crippen molar-refractivity contribution in [3.8, 4) is 0 Å². The van der Waals surface area contributed by atoms with Crippen LogP contribution < -0.4 is 5.32 Å². The number of amides is 1. The zero-order chi connectivity index (χ0) is 14.0. The van der Waals surface area contributed by atoms with Gasteiger partial charge in [-0.25, -0.2) is 0 Å². The third kappa shape index (κ3) is 3.80. The lowest BCUT2D eigenvalue weighted by Gasteiger charge is -2.35. The summed E-state index contributed by atoms with van der Waals surface area (Å²) in [6.07, 6.45) is 1.74. The number of benzene rings is 1. The number of carbonyl (C=O) groups excluding carboxylic acids is 1. The third-order valence-electron chi connectivity index (χ3n) is 3.45. The molecule has 1 unspecified atom stereocenters. The summed E-state index contributed by atoms with van der Waals surface area (Å²) >= 11 is 3.44. The molecule has 1 fully saturated rings. The molecule has 1 N–H and O–H groups in total. The molecule has 1 saturated heterocycles. The number of hydrogen-bond donors (Lipinski definition) is 1. The van der Waals surface area contributed by atoms with Gasteiger partial charge in [0.15, 0.2) is 0 Å². The quantitative estimate of drug-likeness (QED) is 0.904. The fourth-order valence-electron chi connectivity index (χ4n) is 2.41. The Morgan fingerprint density at radius 3 is 2.84 bits per heavy atom. The second-order valence-corrected chi connectivity index (χ2v) is 6.59. The second-order valence-electron chi connectivity index (χ2n) is 5.74. The summed E-state index contributed by atoms with van der Waals surface area (Å²) in [7, 11) is 0. The standard InChI is InChI=1S/C15H20BrNO2/c1-10-8-11(4-5-13(10)16)14(18)17-12-6-7-19-15(2,3)9-12/h4-5,8,12H,6-7,9H2,1-3H3,(H,17,18). The van der Waals surface area contributed by atoms with E-state index in [0.29, 0.717) is 12.2 Å². The van der Waals surface area contributed by atoms with Crippen LogP contribution in [0.2, 0.25) is 0 Å². The van der Waals surface area contributed by atoms with Gasteiger partial charge in [0, 0.05) is 22.7 Å². The number of halogens is 1. The molecule has 3 nitrogen and oxygen atoms in total. The van der Waals surface area contributed by atoms with Crippen LogP contribution in [0.3, 0.4) is 0 Å². The van der Waals surface area contributed by atoms with Gasteiger partial charge in [-0.05, 0) is 57.4 Å². The van der Waals surface area contributed by atoms with Gasteiger partial charge in [0.05, 0.1) is 5.60 Å². The Balaban J connectivity index is 2.02. The molecule has 0 aliphatic carbocycles. The molecular weight excluding hydrogens is 306 g/mol. The summed E-state index contributed by atoms with van der Waals surface area (Å²) in [5.74, 6) is -0.00157. The maximum atomic E-state index is 12.2. The number of rotatable bonds is 2. The van der Waals surface area contributed by atoms with Crippen LogP contribution >= 0.6 is 15.9 Å². The predicted molar refractivity (Wildman–Crippen MR) is 79.4 cm³/mol. The first-order chi connectivity index (χ1) is 8.87. The normalized spacial score (nSPS) is 22.0. The molecule has 1 aliphatic rings. The van der Waals surface area contributed by atoms with E-state index < -0.39 is 0 Å². The van der Waals surface area contributed by atoms with Crippen molar-refractivity contribution in [2.75, 3.05) is 6.61 Å². The molecule has 1 aliphatic heterocycles. The average Bonchev–Trinajstić information content (AvgIpc) is 2.31. The Labute approximate surface area is 122 Å². The lowest BCUT2D eigenvalue weighted by Crippen LogP contribution is -2.45. The van der Waals surface area contributed by atoms with Crippen molar-refractivity contribution in [3.63, 3.8) is 0 Å². The molecule has 1 atom stereocenters. The highest BCUT2D eigenvalue weighted by Crippen LogP contribution is 2.24. The van der Waals surface area contributed by atoms with E-state index in [0.717, 1.165) is 22.9 Å². The van der Waals surface area contributed by atoms with Crippen LogP contribution in [0.4, 0.5) is 0 Å². The van der Waals surface area contributed by atoms with E-state index in [2.05, 4.69) is 35.1 Å². The lowest BCUT2D eigenvalue weighted by molar-refractivity contribution is -0.0615. The molecular formula is C15H20BrNO2. The second kappa shape index (κ2) is 5.63. The highest BCUT2D eigenvalue weighted by molar-refractivity contribution is 9.10. The topological polar surface area (TPSA) is 38.3 Å². The minimum Gasteiger partial charge on any atom is -0.375 e. The molecule has 0 spiro atoms. The van der Waals surface area contributed by atoms with Gasteiger partial charge < -0.3 is 10.1 Å². The van der Waals surface area contributed by atoms with Gasteiger partial charge in [0.1, 0.15) is 0 Å². The van der Waals surface area contributed by atoms with Crippen LogP contribution in [0.15, 0.2) is 22.7 Å². The SMILES string of the molecule is Cc1cc(C(=O)NC2CCOC(C)(C)C2)ccc1Br. The molecule has 1 heterocycles. The van der Waals surface area contributed by atoms with Crippen molar-refractivity contribution in [1.29, 1.82) is 0 Å². The first-order valence-electron chi connectivity index (χ1n) is 6.58. The maximum Gasteiger partial charge on any atom is 0.251 e. The monoisotopic (exact) mass is 325 g/mol. The van der Waals surface area contributed by atoms with E-state index in [1.165, 1.54) is 0 Å². The van der Waals surface area contributed by atoms with E-state index in [1.807, 2.05) is 25.1 Å². The molecule has 0 bridgehead atoms. The zero-order valence-electron chi connectivity index (χ0n) is 11.6. The molecule has 1 amide bonds. The first-order valence-corrected chi connectivity index (χ1v) is 7.38. The van der Waals surface area contributed by atoms with Gasteiger partial charge in [-0.1, -0.05) is 15.9 Å². The van der Waals surface area contributed by atoms with Gasteiger partial charge in [-0.2, -0.15) is 0 Å². The fraction of sp³-hybridized carbons (Fsp3) is 0.533. The third-order valence-corrected chi connectivity index (χ3v) is 4.34. The number of nitrogens with one attached hydrogen (secondary N) is 1. The number of ether oxygens (including phenoxy) is 1. The van der Waals surface area contributed by atoms with E-state index in [1.54, 1.807) is 0 Å². The number of aryl methyl sites for hydroxylation is 1. The van der Waals surface area contributed by atoms with E-state index in [4.69, 9.17) is 4.74 Å². The predicted octanol–water partition coefficient (Wildman–Crippen LogP) is 3.44. The first kappa shape index (κ1) is 14.5. The molecule has 4 heteroatoms. The Hall–Kier alpha value is -0.870. The summed E-state index contributed by atoms with van der Waals surface area (Å²) in [5, 5.41) is 3.10. The van der Waals surface area contributed by atoms with Gasteiger partial charge in [0.25, 0.3) is 5.91 Å². The van der Waals surface area contributed by atoms with Crippen LogP contribution in [-0.4, -0.2) is 24.2 Å². The average molecular weight is 326 g/mol. The molecule has 0 radical (unpaired) electrons. The highest BCUT2D eigenvalue weighted by Gasteiger charge is 2.29. The van der Waals surface area contributed by atoms with Crippen LogP contribution in [0.25, 0.3) is 0 Å². The number of hydrogen-bond acceptors (Lipinski definition) is 2. The van der Waals surface area contributed by atoms with Crippen molar-refractivity contribution in [2.45, 2.75) is 45.3 Å². The number of carbonyl (C=O) groups is 1. The maximum absolute atomic E-state index is 12.2. The summed E-state index contributed by atoms with van der Waals surface area (Å²) in [6.45, 7) is 6.82. The smallest absolute Gasteiger partial charge is 0.251 e. The summed E-state index contributed by atoms with van der Waals surface area (Å²) in [5.41, 5.74) is 1.64. The minimum atomic E-state index is -0.147. The van der Waals surface area contributed by atoms with E-state index in [-0.39, 0.29) is 17.6 Å².